The first-order valence-corrected chi connectivity index (χ1v) is 7.56. The number of amides is 1. The Morgan fingerprint density at radius 3 is 2.95 bits per heavy atom. The molecule has 2 heterocycles. The normalized spacial score (nSPS) is 17.2. The Hall–Kier alpha value is -1.61. The molecule has 1 aromatic heterocycles. The Kier molecular flexibility index (Phi) is 4.61. The van der Waals surface area contributed by atoms with Gasteiger partial charge in [-0.15, -0.1) is 0 Å². The Balaban J connectivity index is 2.44. The van der Waals surface area contributed by atoms with Crippen molar-refractivity contribution in [2.75, 3.05) is 11.1 Å². The maximum absolute atomic E-state index is 11.9. The molecular formula is C14H17BrN4O. The van der Waals surface area contributed by atoms with Gasteiger partial charge in [0.25, 0.3) is 0 Å². The van der Waals surface area contributed by atoms with Crippen LogP contribution in [0.3, 0.4) is 0 Å². The van der Waals surface area contributed by atoms with Gasteiger partial charge in [-0.2, -0.15) is 5.26 Å². The molecule has 0 radical (unpaired) electrons. The standard InChI is InChI=1S/C14H17BrN4O/c1-2-3-4-5-8-6-10(20)18-12-9(7-16)13(15)19-14(17)11(8)12/h8H,2-6H2,1H3,(H2,17,19)(H,18,20). The van der Waals surface area contributed by atoms with Crippen LogP contribution < -0.4 is 11.1 Å². The van der Waals surface area contributed by atoms with Gasteiger partial charge in [-0.1, -0.05) is 26.2 Å². The number of nitrogens with zero attached hydrogens (tertiary/aromatic N) is 2. The quantitative estimate of drug-likeness (QED) is 0.651. The van der Waals surface area contributed by atoms with Crippen LogP contribution >= 0.6 is 15.9 Å². The Bertz CT molecular complexity index is 580. The maximum atomic E-state index is 11.9. The average molecular weight is 337 g/mol. The zero-order chi connectivity index (χ0) is 14.7. The zero-order valence-electron chi connectivity index (χ0n) is 11.4. The van der Waals surface area contributed by atoms with Gasteiger partial charge in [0.2, 0.25) is 5.91 Å². The van der Waals surface area contributed by atoms with Gasteiger partial charge < -0.3 is 11.1 Å². The largest absolute Gasteiger partial charge is 0.383 e. The van der Waals surface area contributed by atoms with E-state index in [1.165, 1.54) is 0 Å². The van der Waals surface area contributed by atoms with Crippen LogP contribution in [0.2, 0.25) is 0 Å². The number of carbonyl (C=O) groups excluding carboxylic acids is 1. The number of rotatable bonds is 4. The highest BCUT2D eigenvalue weighted by atomic mass is 79.9. The summed E-state index contributed by atoms with van der Waals surface area (Å²) < 4.78 is 0.380. The first-order chi connectivity index (χ1) is 9.58. The van der Waals surface area contributed by atoms with Crippen LogP contribution in [0.25, 0.3) is 0 Å². The molecule has 106 valence electrons. The fourth-order valence-electron chi connectivity index (χ4n) is 2.64. The van der Waals surface area contributed by atoms with Crippen LogP contribution in [-0.2, 0) is 4.79 Å². The minimum absolute atomic E-state index is 0.0537. The lowest BCUT2D eigenvalue weighted by Gasteiger charge is -2.27. The van der Waals surface area contributed by atoms with Crippen molar-refractivity contribution in [3.05, 3.63) is 15.7 Å². The van der Waals surface area contributed by atoms with Crippen LogP contribution in [0.1, 0.15) is 56.1 Å². The molecule has 0 bridgehead atoms. The van der Waals surface area contributed by atoms with E-state index in [0.29, 0.717) is 28.1 Å². The number of hydrogen-bond donors (Lipinski definition) is 2. The highest BCUT2D eigenvalue weighted by Crippen LogP contribution is 2.42. The van der Waals surface area contributed by atoms with Crippen molar-refractivity contribution in [2.24, 2.45) is 0 Å². The Morgan fingerprint density at radius 1 is 1.55 bits per heavy atom. The molecule has 1 aromatic rings. The van der Waals surface area contributed by atoms with E-state index in [4.69, 9.17) is 5.73 Å². The summed E-state index contributed by atoms with van der Waals surface area (Å²) in [5.74, 6) is 0.387. The van der Waals surface area contributed by atoms with E-state index in [1.54, 1.807) is 0 Å². The van der Waals surface area contributed by atoms with Crippen molar-refractivity contribution in [3.8, 4) is 6.07 Å². The number of unbranched alkanes of at least 4 members (excludes halogenated alkanes) is 2. The second-order valence-electron chi connectivity index (χ2n) is 5.01. The first-order valence-electron chi connectivity index (χ1n) is 6.77. The molecule has 0 aromatic carbocycles. The maximum Gasteiger partial charge on any atom is 0.225 e. The summed E-state index contributed by atoms with van der Waals surface area (Å²) in [4.78, 5) is 16.0. The van der Waals surface area contributed by atoms with Crippen LogP contribution in [0, 0.1) is 11.3 Å². The molecule has 1 unspecified atom stereocenters. The predicted molar refractivity (Wildman–Crippen MR) is 81.2 cm³/mol. The van der Waals surface area contributed by atoms with Gasteiger partial charge in [0, 0.05) is 12.0 Å². The van der Waals surface area contributed by atoms with Crippen molar-refractivity contribution >= 4 is 33.3 Å². The number of aromatic nitrogens is 1. The highest BCUT2D eigenvalue weighted by molar-refractivity contribution is 9.10. The van der Waals surface area contributed by atoms with Crippen LogP contribution in [-0.4, -0.2) is 10.9 Å². The van der Waals surface area contributed by atoms with Gasteiger partial charge in [0.1, 0.15) is 22.1 Å². The van der Waals surface area contributed by atoms with Crippen LogP contribution in [0.15, 0.2) is 4.60 Å². The number of nitrogens with two attached hydrogens (primary N) is 1. The van der Waals surface area contributed by atoms with Crippen molar-refractivity contribution in [1.82, 2.24) is 4.98 Å². The summed E-state index contributed by atoms with van der Waals surface area (Å²) in [6.07, 6.45) is 4.61. The Morgan fingerprint density at radius 2 is 2.30 bits per heavy atom. The van der Waals surface area contributed by atoms with Gasteiger partial charge >= 0.3 is 0 Å². The highest BCUT2D eigenvalue weighted by Gasteiger charge is 2.30. The lowest BCUT2D eigenvalue weighted by Crippen LogP contribution is -2.25. The summed E-state index contributed by atoms with van der Waals surface area (Å²) in [6, 6.07) is 2.08. The summed E-state index contributed by atoms with van der Waals surface area (Å²) in [5, 5.41) is 12.0. The third-order valence-electron chi connectivity index (χ3n) is 3.59. The molecule has 1 aliphatic rings. The van der Waals surface area contributed by atoms with E-state index in [-0.39, 0.29) is 11.8 Å². The monoisotopic (exact) mass is 336 g/mol. The fourth-order valence-corrected chi connectivity index (χ4v) is 3.11. The van der Waals surface area contributed by atoms with Crippen molar-refractivity contribution in [2.45, 2.75) is 44.9 Å². The number of carbonyl (C=O) groups is 1. The summed E-state index contributed by atoms with van der Waals surface area (Å²) in [5.41, 5.74) is 7.71. The van der Waals surface area contributed by atoms with Gasteiger partial charge in [-0.3, -0.25) is 4.79 Å². The Labute approximate surface area is 126 Å². The van der Waals surface area contributed by atoms with Crippen molar-refractivity contribution in [1.29, 1.82) is 5.26 Å². The zero-order valence-corrected chi connectivity index (χ0v) is 13.0. The minimum atomic E-state index is -0.0620. The van der Waals surface area contributed by atoms with E-state index >= 15 is 0 Å². The molecule has 0 spiro atoms. The van der Waals surface area contributed by atoms with Crippen LogP contribution in [0.4, 0.5) is 11.5 Å². The number of hydrogen-bond acceptors (Lipinski definition) is 4. The second-order valence-corrected chi connectivity index (χ2v) is 5.76. The molecule has 6 heteroatoms. The minimum Gasteiger partial charge on any atom is -0.383 e. The van der Waals surface area contributed by atoms with Crippen molar-refractivity contribution < 1.29 is 4.79 Å². The molecular weight excluding hydrogens is 320 g/mol. The summed E-state index contributed by atoms with van der Waals surface area (Å²) in [6.45, 7) is 2.14. The number of nitriles is 1. The molecule has 1 amide bonds. The average Bonchev–Trinajstić information content (AvgIpc) is 2.38. The van der Waals surface area contributed by atoms with E-state index in [1.807, 2.05) is 0 Å². The van der Waals surface area contributed by atoms with E-state index < -0.39 is 0 Å². The van der Waals surface area contributed by atoms with Gasteiger partial charge in [-0.05, 0) is 28.3 Å². The van der Waals surface area contributed by atoms with Gasteiger partial charge in [-0.25, -0.2) is 4.98 Å². The molecule has 1 aliphatic heterocycles. The molecule has 2 rings (SSSR count). The van der Waals surface area contributed by atoms with Crippen molar-refractivity contribution in [3.63, 3.8) is 0 Å². The molecule has 0 aliphatic carbocycles. The third kappa shape index (κ3) is 2.78. The van der Waals surface area contributed by atoms with E-state index in [9.17, 15) is 10.1 Å². The SMILES string of the molecule is CCCCCC1CC(=O)Nc2c(C#N)c(Br)nc(N)c21. The van der Waals surface area contributed by atoms with Gasteiger partial charge in [0.15, 0.2) is 0 Å². The van der Waals surface area contributed by atoms with Gasteiger partial charge in [0.05, 0.1) is 5.69 Å². The number of halogens is 1. The smallest absolute Gasteiger partial charge is 0.225 e. The number of fused-ring (bicyclic) bond motifs is 1. The van der Waals surface area contributed by atoms with E-state index in [2.05, 4.69) is 39.2 Å². The predicted octanol–water partition coefficient (Wildman–Crippen LogP) is 3.30. The number of nitrogen functional groups attached to an aromatic ring is 1. The molecule has 20 heavy (non-hydrogen) atoms. The fraction of sp³-hybridized carbons (Fsp3) is 0.500. The molecule has 0 fully saturated rings. The number of nitrogens with one attached hydrogen (secondary N) is 1. The first kappa shape index (κ1) is 14.8. The molecule has 3 N–H and O–H groups in total. The lowest BCUT2D eigenvalue weighted by atomic mass is 9.85. The second kappa shape index (κ2) is 6.23. The summed E-state index contributed by atoms with van der Waals surface area (Å²) in [7, 11) is 0. The van der Waals surface area contributed by atoms with E-state index in [0.717, 1.165) is 31.2 Å². The molecule has 0 saturated heterocycles. The lowest BCUT2D eigenvalue weighted by molar-refractivity contribution is -0.116. The molecule has 0 saturated carbocycles. The van der Waals surface area contributed by atoms with Crippen LogP contribution in [0.5, 0.6) is 0 Å². The number of anilines is 2. The molecule has 1 atom stereocenters. The summed E-state index contributed by atoms with van der Waals surface area (Å²) >= 11 is 3.23. The number of pyridine rings is 1. The third-order valence-corrected chi connectivity index (χ3v) is 4.17. The molecule has 5 nitrogen and oxygen atoms in total. The topological polar surface area (TPSA) is 91.8 Å².